The van der Waals surface area contributed by atoms with Crippen LogP contribution in [0.25, 0.3) is 0 Å². The smallest absolute Gasteiger partial charge is 0.314 e. The van der Waals surface area contributed by atoms with Gasteiger partial charge in [0.2, 0.25) is 0 Å². The summed E-state index contributed by atoms with van der Waals surface area (Å²) in [5.74, 6) is 0.112. The molecule has 2 aromatic rings. The average Bonchev–Trinajstić information content (AvgIpc) is 2.61. The molecule has 0 aliphatic rings. The summed E-state index contributed by atoms with van der Waals surface area (Å²) in [7, 11) is 3.10. The van der Waals surface area contributed by atoms with Crippen molar-refractivity contribution in [3.8, 4) is 11.5 Å². The molecule has 0 atom stereocenters. The molecule has 0 aliphatic carbocycles. The van der Waals surface area contributed by atoms with Crippen molar-refractivity contribution < 1.29 is 19.2 Å². The Morgan fingerprint density at radius 3 is 2.54 bits per heavy atom. The molecule has 7 heteroatoms. The van der Waals surface area contributed by atoms with Crippen LogP contribution in [0.5, 0.6) is 11.5 Å². The highest BCUT2D eigenvalue weighted by molar-refractivity contribution is 5.77. The first-order valence-corrected chi connectivity index (χ1v) is 8.07. The molecular formula is C19H22N2O5. The van der Waals surface area contributed by atoms with Crippen molar-refractivity contribution >= 4 is 11.6 Å². The van der Waals surface area contributed by atoms with E-state index in [0.717, 1.165) is 16.7 Å². The molecular weight excluding hydrogens is 336 g/mol. The maximum atomic E-state index is 12.3. The number of carbonyl (C=O) groups excluding carboxylic acids is 1. The van der Waals surface area contributed by atoms with E-state index >= 15 is 0 Å². The second-order valence-electron chi connectivity index (χ2n) is 6.06. The maximum absolute atomic E-state index is 12.3. The first-order chi connectivity index (χ1) is 12.3. The van der Waals surface area contributed by atoms with Crippen LogP contribution in [0.2, 0.25) is 0 Å². The van der Waals surface area contributed by atoms with Crippen LogP contribution in [0.3, 0.4) is 0 Å². The van der Waals surface area contributed by atoms with Crippen LogP contribution in [-0.2, 0) is 11.3 Å². The second kappa shape index (κ2) is 8.33. The van der Waals surface area contributed by atoms with Gasteiger partial charge < -0.3 is 14.4 Å². The third-order valence-electron chi connectivity index (χ3n) is 4.05. The lowest BCUT2D eigenvalue weighted by Gasteiger charge is -2.19. The predicted molar refractivity (Wildman–Crippen MR) is 97.5 cm³/mol. The van der Waals surface area contributed by atoms with E-state index in [1.54, 1.807) is 13.1 Å². The predicted octanol–water partition coefficient (Wildman–Crippen LogP) is 3.26. The van der Waals surface area contributed by atoms with Crippen molar-refractivity contribution in [1.29, 1.82) is 0 Å². The van der Waals surface area contributed by atoms with Gasteiger partial charge in [-0.2, -0.15) is 0 Å². The summed E-state index contributed by atoms with van der Waals surface area (Å²) in [5.41, 5.74) is 3.07. The zero-order valence-corrected chi connectivity index (χ0v) is 15.3. The SMILES string of the molecule is COc1ccc(OCC(=O)N(C)Cc2ccc(C)cc2C)c([N+](=O)[O-])c1. The molecule has 0 N–H and O–H groups in total. The lowest BCUT2D eigenvalue weighted by atomic mass is 10.1. The van der Waals surface area contributed by atoms with Crippen LogP contribution in [0.15, 0.2) is 36.4 Å². The van der Waals surface area contributed by atoms with Crippen molar-refractivity contribution in [3.05, 3.63) is 63.2 Å². The minimum absolute atomic E-state index is 0.0315. The van der Waals surface area contributed by atoms with Gasteiger partial charge in [-0.05, 0) is 37.1 Å². The van der Waals surface area contributed by atoms with Gasteiger partial charge in [0.05, 0.1) is 18.1 Å². The Labute approximate surface area is 152 Å². The molecule has 0 heterocycles. The highest BCUT2D eigenvalue weighted by Gasteiger charge is 2.19. The highest BCUT2D eigenvalue weighted by atomic mass is 16.6. The van der Waals surface area contributed by atoms with E-state index in [1.807, 2.05) is 26.0 Å². The van der Waals surface area contributed by atoms with Crippen LogP contribution >= 0.6 is 0 Å². The third-order valence-corrected chi connectivity index (χ3v) is 4.05. The first-order valence-electron chi connectivity index (χ1n) is 8.07. The molecule has 7 nitrogen and oxygen atoms in total. The molecule has 26 heavy (non-hydrogen) atoms. The van der Waals surface area contributed by atoms with E-state index in [0.29, 0.717) is 12.3 Å². The molecule has 0 bridgehead atoms. The number of nitro benzene ring substituents is 1. The Morgan fingerprint density at radius 2 is 1.92 bits per heavy atom. The summed E-state index contributed by atoms with van der Waals surface area (Å²) in [4.78, 5) is 24.4. The number of hydrogen-bond acceptors (Lipinski definition) is 5. The van der Waals surface area contributed by atoms with Crippen molar-refractivity contribution in [2.45, 2.75) is 20.4 Å². The van der Waals surface area contributed by atoms with Crippen LogP contribution < -0.4 is 9.47 Å². The fourth-order valence-corrected chi connectivity index (χ4v) is 2.51. The van der Waals surface area contributed by atoms with Crippen molar-refractivity contribution in [2.75, 3.05) is 20.8 Å². The number of nitro groups is 1. The van der Waals surface area contributed by atoms with Crippen LogP contribution in [0.4, 0.5) is 5.69 Å². The van der Waals surface area contributed by atoms with Gasteiger partial charge in [-0.25, -0.2) is 0 Å². The number of likely N-dealkylation sites (N-methyl/N-ethyl adjacent to an activating group) is 1. The van der Waals surface area contributed by atoms with Gasteiger partial charge in [-0.3, -0.25) is 14.9 Å². The summed E-state index contributed by atoms with van der Waals surface area (Å²) in [5, 5.41) is 11.1. The number of nitrogens with zero attached hydrogens (tertiary/aromatic N) is 2. The van der Waals surface area contributed by atoms with E-state index in [1.165, 1.54) is 24.1 Å². The Bertz CT molecular complexity index is 820. The van der Waals surface area contributed by atoms with Gasteiger partial charge in [0.15, 0.2) is 12.4 Å². The minimum atomic E-state index is -0.568. The fourth-order valence-electron chi connectivity index (χ4n) is 2.51. The second-order valence-corrected chi connectivity index (χ2v) is 6.06. The molecule has 0 aromatic heterocycles. The Balaban J connectivity index is 2.02. The number of carbonyl (C=O) groups is 1. The molecule has 0 fully saturated rings. The van der Waals surface area contributed by atoms with Gasteiger partial charge >= 0.3 is 5.69 Å². The Kier molecular flexibility index (Phi) is 6.16. The molecule has 2 rings (SSSR count). The molecule has 1 amide bonds. The van der Waals surface area contributed by atoms with Crippen LogP contribution in [0.1, 0.15) is 16.7 Å². The summed E-state index contributed by atoms with van der Waals surface area (Å²) < 4.78 is 10.4. The number of hydrogen-bond donors (Lipinski definition) is 0. The van der Waals surface area contributed by atoms with Gasteiger partial charge in [0.1, 0.15) is 5.75 Å². The molecule has 0 radical (unpaired) electrons. The number of ether oxygens (including phenoxy) is 2. The average molecular weight is 358 g/mol. The van der Waals surface area contributed by atoms with Crippen molar-refractivity contribution in [2.24, 2.45) is 0 Å². The highest BCUT2D eigenvalue weighted by Crippen LogP contribution is 2.31. The first kappa shape index (κ1) is 19.2. The summed E-state index contributed by atoms with van der Waals surface area (Å²) in [6.45, 7) is 4.17. The monoisotopic (exact) mass is 358 g/mol. The standard InChI is InChI=1S/C19H22N2O5/c1-13-5-6-15(14(2)9-13)11-20(3)19(22)12-26-18-8-7-16(25-4)10-17(18)21(23)24/h5-10H,11-12H2,1-4H3. The van der Waals surface area contributed by atoms with E-state index in [2.05, 4.69) is 6.07 Å². The molecule has 2 aromatic carbocycles. The minimum Gasteiger partial charge on any atom is -0.496 e. The van der Waals surface area contributed by atoms with E-state index < -0.39 is 4.92 Å². The van der Waals surface area contributed by atoms with E-state index in [-0.39, 0.29) is 24.0 Å². The zero-order chi connectivity index (χ0) is 19.3. The van der Waals surface area contributed by atoms with Gasteiger partial charge in [0, 0.05) is 13.6 Å². The lowest BCUT2D eigenvalue weighted by molar-refractivity contribution is -0.385. The largest absolute Gasteiger partial charge is 0.496 e. The van der Waals surface area contributed by atoms with Crippen LogP contribution in [0, 0.1) is 24.0 Å². The number of benzene rings is 2. The molecule has 0 saturated heterocycles. The van der Waals surface area contributed by atoms with Crippen molar-refractivity contribution in [3.63, 3.8) is 0 Å². The molecule has 0 aliphatic heterocycles. The fraction of sp³-hybridized carbons (Fsp3) is 0.316. The van der Waals surface area contributed by atoms with E-state index in [9.17, 15) is 14.9 Å². The number of rotatable bonds is 7. The van der Waals surface area contributed by atoms with E-state index in [4.69, 9.17) is 9.47 Å². The molecule has 0 unspecified atom stereocenters. The van der Waals surface area contributed by atoms with Gasteiger partial charge in [0.25, 0.3) is 5.91 Å². The van der Waals surface area contributed by atoms with Gasteiger partial charge in [-0.15, -0.1) is 0 Å². The number of amides is 1. The maximum Gasteiger partial charge on any atom is 0.314 e. The summed E-state index contributed by atoms with van der Waals surface area (Å²) in [6, 6.07) is 10.3. The molecule has 0 spiro atoms. The topological polar surface area (TPSA) is 81.9 Å². The summed E-state index contributed by atoms with van der Waals surface area (Å²) >= 11 is 0. The number of methoxy groups -OCH3 is 1. The molecule has 138 valence electrons. The Hall–Kier alpha value is -3.09. The zero-order valence-electron chi connectivity index (χ0n) is 15.3. The summed E-state index contributed by atoms with van der Waals surface area (Å²) in [6.07, 6.45) is 0. The van der Waals surface area contributed by atoms with Crippen molar-refractivity contribution in [1.82, 2.24) is 4.90 Å². The van der Waals surface area contributed by atoms with Crippen LogP contribution in [-0.4, -0.2) is 36.5 Å². The third kappa shape index (κ3) is 4.72. The molecule has 0 saturated carbocycles. The quantitative estimate of drug-likeness (QED) is 0.560. The normalized spacial score (nSPS) is 10.3. The number of aryl methyl sites for hydroxylation is 2. The Morgan fingerprint density at radius 1 is 1.19 bits per heavy atom. The van der Waals surface area contributed by atoms with Gasteiger partial charge in [-0.1, -0.05) is 23.8 Å². The lowest BCUT2D eigenvalue weighted by Crippen LogP contribution is -2.31.